The molecular formula is C30H38F2N2O4. The molecule has 38 heavy (non-hydrogen) atoms. The molecule has 206 valence electrons. The predicted molar refractivity (Wildman–Crippen MR) is 146 cm³/mol. The largest absolute Gasteiger partial charge is 0.492 e. The summed E-state index contributed by atoms with van der Waals surface area (Å²) >= 11 is 0. The third-order valence-electron chi connectivity index (χ3n) is 6.84. The summed E-state index contributed by atoms with van der Waals surface area (Å²) in [6.45, 7) is 11.7. The number of halogens is 2. The maximum Gasteiger partial charge on any atom is 0.168 e. The Bertz CT molecular complexity index is 1050. The minimum absolute atomic E-state index is 0.0876. The molecule has 1 aliphatic carbocycles. The summed E-state index contributed by atoms with van der Waals surface area (Å²) in [7, 11) is 0. The molecule has 3 rings (SSSR count). The molecule has 0 bridgehead atoms. The van der Waals surface area contributed by atoms with Crippen molar-refractivity contribution in [2.24, 2.45) is 17.0 Å². The number of rotatable bonds is 14. The third-order valence-corrected chi connectivity index (χ3v) is 6.84. The molecule has 0 saturated carbocycles. The summed E-state index contributed by atoms with van der Waals surface area (Å²) in [6, 6.07) is 0. The second kappa shape index (κ2) is 14.7. The number of oxime groups is 1. The molecule has 3 aliphatic rings. The summed E-state index contributed by atoms with van der Waals surface area (Å²) in [5, 5.41) is 13.3. The third kappa shape index (κ3) is 7.48. The quantitative estimate of drug-likeness (QED) is 0.309. The molecule has 1 fully saturated rings. The van der Waals surface area contributed by atoms with Crippen LogP contribution in [-0.4, -0.2) is 66.6 Å². The van der Waals surface area contributed by atoms with Crippen molar-refractivity contribution in [1.29, 1.82) is 0 Å². The van der Waals surface area contributed by atoms with Gasteiger partial charge < -0.3 is 14.7 Å². The van der Waals surface area contributed by atoms with Crippen LogP contribution in [0.2, 0.25) is 0 Å². The number of allylic oxidation sites excluding steroid dienone is 9. The lowest BCUT2D eigenvalue weighted by atomic mass is 9.77. The van der Waals surface area contributed by atoms with Crippen molar-refractivity contribution >= 4 is 11.5 Å². The maximum atomic E-state index is 14.9. The first kappa shape index (κ1) is 29.5. The minimum atomic E-state index is -0.906. The van der Waals surface area contributed by atoms with Crippen LogP contribution < -0.4 is 0 Å². The molecule has 0 spiro atoms. The number of ether oxygens (including phenoxy) is 1. The number of likely N-dealkylation sites (tertiary alicyclic amines) is 1. The van der Waals surface area contributed by atoms with Crippen molar-refractivity contribution < 1.29 is 28.3 Å². The fourth-order valence-corrected chi connectivity index (χ4v) is 4.89. The van der Waals surface area contributed by atoms with Crippen molar-refractivity contribution in [1.82, 2.24) is 4.90 Å². The number of carbonyl (C=O) groups is 1. The van der Waals surface area contributed by atoms with Crippen molar-refractivity contribution in [3.63, 3.8) is 0 Å². The van der Waals surface area contributed by atoms with Crippen LogP contribution in [0.5, 0.6) is 0 Å². The Morgan fingerprint density at radius 1 is 1.34 bits per heavy atom. The topological polar surface area (TPSA) is 71.4 Å². The number of nitrogens with zero attached hydrogens (tertiary/aromatic N) is 2. The van der Waals surface area contributed by atoms with Crippen LogP contribution in [0.25, 0.3) is 0 Å². The van der Waals surface area contributed by atoms with Crippen molar-refractivity contribution in [2.75, 3.05) is 32.9 Å². The van der Waals surface area contributed by atoms with E-state index in [1.807, 2.05) is 6.08 Å². The van der Waals surface area contributed by atoms with E-state index in [0.29, 0.717) is 24.8 Å². The lowest BCUT2D eigenvalue weighted by molar-refractivity contribution is -0.127. The first-order valence-electron chi connectivity index (χ1n) is 13.2. The van der Waals surface area contributed by atoms with Crippen LogP contribution in [0.15, 0.2) is 89.7 Å². The molecule has 8 heteroatoms. The molecule has 6 nitrogen and oxygen atoms in total. The van der Waals surface area contributed by atoms with Gasteiger partial charge in [0.25, 0.3) is 0 Å². The Morgan fingerprint density at radius 2 is 2.13 bits per heavy atom. The Balaban J connectivity index is 1.78. The Morgan fingerprint density at radius 3 is 2.76 bits per heavy atom. The van der Waals surface area contributed by atoms with E-state index in [1.165, 1.54) is 12.2 Å². The molecule has 0 radical (unpaired) electrons. The first-order valence-corrected chi connectivity index (χ1v) is 13.2. The highest BCUT2D eigenvalue weighted by Crippen LogP contribution is 2.37. The normalized spacial score (nSPS) is 25.2. The zero-order valence-electron chi connectivity index (χ0n) is 22.0. The van der Waals surface area contributed by atoms with Crippen LogP contribution in [0.4, 0.5) is 8.78 Å². The minimum Gasteiger partial charge on any atom is -0.492 e. The van der Waals surface area contributed by atoms with E-state index >= 15 is 0 Å². The van der Waals surface area contributed by atoms with Gasteiger partial charge in [0.2, 0.25) is 0 Å². The lowest BCUT2D eigenvalue weighted by Crippen LogP contribution is -2.52. The van der Waals surface area contributed by atoms with Gasteiger partial charge in [-0.1, -0.05) is 61.7 Å². The van der Waals surface area contributed by atoms with Gasteiger partial charge in [-0.25, -0.2) is 8.78 Å². The Labute approximate surface area is 224 Å². The second-order valence-electron chi connectivity index (χ2n) is 9.59. The number of aliphatic hydroxyl groups excluding tert-OH is 1. The van der Waals surface area contributed by atoms with Gasteiger partial charge in [-0.05, 0) is 43.5 Å². The van der Waals surface area contributed by atoms with Crippen LogP contribution in [0.1, 0.15) is 32.6 Å². The molecular weight excluding hydrogens is 490 g/mol. The van der Waals surface area contributed by atoms with Gasteiger partial charge in [0.05, 0.1) is 12.4 Å². The average Bonchev–Trinajstić information content (AvgIpc) is 3.34. The highest BCUT2D eigenvalue weighted by atomic mass is 19.1. The Kier molecular flexibility index (Phi) is 11.4. The lowest BCUT2D eigenvalue weighted by Gasteiger charge is -2.40. The average molecular weight is 529 g/mol. The van der Waals surface area contributed by atoms with Gasteiger partial charge >= 0.3 is 0 Å². The fourth-order valence-electron chi connectivity index (χ4n) is 4.89. The van der Waals surface area contributed by atoms with Crippen molar-refractivity contribution in [3.8, 4) is 0 Å². The maximum absolute atomic E-state index is 14.9. The number of aliphatic hydroxyl groups is 1. The van der Waals surface area contributed by atoms with Gasteiger partial charge in [0, 0.05) is 31.0 Å². The van der Waals surface area contributed by atoms with Gasteiger partial charge in [-0.2, -0.15) is 0 Å². The highest BCUT2D eigenvalue weighted by Gasteiger charge is 2.45. The number of alkyl halides is 1. The van der Waals surface area contributed by atoms with E-state index in [0.717, 1.165) is 44.0 Å². The van der Waals surface area contributed by atoms with Crippen LogP contribution in [0.3, 0.4) is 0 Å². The number of ketones is 1. The smallest absolute Gasteiger partial charge is 0.168 e. The summed E-state index contributed by atoms with van der Waals surface area (Å²) in [5.74, 6) is -1.17. The first-order chi connectivity index (χ1) is 18.4. The Hall–Kier alpha value is -3.10. The number of Topliss-reactive ketones (excluding diaryl/α,β-unsaturated/α-hetero) is 1. The molecule has 2 heterocycles. The van der Waals surface area contributed by atoms with Gasteiger partial charge in [-0.15, -0.1) is 0 Å². The number of hydrogen-bond donors (Lipinski definition) is 1. The highest BCUT2D eigenvalue weighted by molar-refractivity contribution is 6.16. The van der Waals surface area contributed by atoms with Crippen molar-refractivity contribution in [3.05, 3.63) is 84.5 Å². The van der Waals surface area contributed by atoms with E-state index in [1.54, 1.807) is 18.2 Å². The van der Waals surface area contributed by atoms with Gasteiger partial charge in [0.15, 0.2) is 6.10 Å². The van der Waals surface area contributed by atoms with Gasteiger partial charge in [0.1, 0.15) is 36.0 Å². The van der Waals surface area contributed by atoms with Crippen LogP contribution in [-0.2, 0) is 14.4 Å². The number of hydrogen-bond acceptors (Lipinski definition) is 6. The van der Waals surface area contributed by atoms with E-state index in [4.69, 9.17) is 9.57 Å². The SMILES string of the molecule is C=C/C=C(\C=C/CO)C1ON=C(C(=C)/C(F)=C\C=C/CF)[C@H]1C(=O)[C@@H]1CC=C(OC2CN(CCC)C2)CC1. The molecule has 1 N–H and O–H groups in total. The standard InChI is InChI=1S/C30H38F2N2O4/c1-4-9-23(10-8-18-35)30-27(28(33-38-30)21(3)26(32)11-6-7-16-31)29(36)22-12-14-24(15-13-22)37-25-19-34(20-25)17-5-2/h4,6-11,14,22,25,27,30,35H,1,3,5,12-13,15-20H2,2H3/b7-6-,10-8-,23-9+,26-11+/t22-,27+,30?/m1/s1. The zero-order valence-corrected chi connectivity index (χ0v) is 22.0. The van der Waals surface area contributed by atoms with E-state index in [9.17, 15) is 18.7 Å². The predicted octanol–water partition coefficient (Wildman–Crippen LogP) is 5.32. The molecule has 0 aromatic rings. The monoisotopic (exact) mass is 528 g/mol. The number of carbonyl (C=O) groups excluding carboxylic acids is 1. The molecule has 1 saturated heterocycles. The molecule has 0 aromatic heterocycles. The second-order valence-corrected chi connectivity index (χ2v) is 9.59. The summed E-state index contributed by atoms with van der Waals surface area (Å²) in [6.07, 6.45) is 14.1. The molecule has 0 aromatic carbocycles. The van der Waals surface area contributed by atoms with Crippen LogP contribution in [0, 0.1) is 11.8 Å². The van der Waals surface area contributed by atoms with E-state index < -0.39 is 24.5 Å². The van der Waals surface area contributed by atoms with E-state index in [-0.39, 0.29) is 35.7 Å². The zero-order chi connectivity index (χ0) is 27.5. The molecule has 1 unspecified atom stereocenters. The van der Waals surface area contributed by atoms with Crippen molar-refractivity contribution in [2.45, 2.75) is 44.8 Å². The molecule has 0 amide bonds. The van der Waals surface area contributed by atoms with Crippen LogP contribution >= 0.6 is 0 Å². The fraction of sp³-hybridized carbons (Fsp3) is 0.467. The summed E-state index contributed by atoms with van der Waals surface area (Å²) in [4.78, 5) is 21.9. The van der Waals surface area contributed by atoms with E-state index in [2.05, 4.69) is 30.1 Å². The summed E-state index contributed by atoms with van der Waals surface area (Å²) in [5.41, 5.74) is 0.583. The molecule has 2 aliphatic heterocycles. The summed E-state index contributed by atoms with van der Waals surface area (Å²) < 4.78 is 33.4. The molecule has 3 atom stereocenters. The van der Waals surface area contributed by atoms with Gasteiger partial charge in [-0.3, -0.25) is 9.69 Å².